The van der Waals surface area contributed by atoms with Crippen LogP contribution < -0.4 is 0 Å². The molecule has 0 fully saturated rings. The van der Waals surface area contributed by atoms with E-state index in [-0.39, 0.29) is 0 Å². The average Bonchev–Trinajstić information content (AvgIpc) is 2.19. The summed E-state index contributed by atoms with van der Waals surface area (Å²) in [6.07, 6.45) is 0. The summed E-state index contributed by atoms with van der Waals surface area (Å²) in [6.45, 7) is 6.28. The molecule has 1 heterocycles. The fourth-order valence-electron chi connectivity index (χ4n) is 2.05. The number of rotatable bonds is 1. The summed E-state index contributed by atoms with van der Waals surface area (Å²) in [6, 6.07) is 4.00. The Balaban J connectivity index is 2.92. The van der Waals surface area contributed by atoms with E-state index in [9.17, 15) is 0 Å². The van der Waals surface area contributed by atoms with Gasteiger partial charge in [-0.2, -0.15) is 0 Å². The van der Waals surface area contributed by atoms with E-state index < -0.39 is 0 Å². The molecule has 4 heteroatoms. The molecule has 0 aliphatic carbocycles. The van der Waals surface area contributed by atoms with E-state index in [0.29, 0.717) is 5.92 Å². The highest BCUT2D eigenvalue weighted by atomic mass is 79.9. The minimum absolute atomic E-state index is 0.372. The fraction of sp³-hybridized carbons (Fsp3) is 0.308. The van der Waals surface area contributed by atoms with Crippen LogP contribution in [0.3, 0.4) is 0 Å². The van der Waals surface area contributed by atoms with Crippen molar-refractivity contribution in [3.05, 3.63) is 37.4 Å². The molecule has 0 N–H and O–H groups in total. The molecule has 1 aromatic carbocycles. The highest BCUT2D eigenvalue weighted by Gasteiger charge is 2.15. The molecule has 2 aromatic rings. The van der Waals surface area contributed by atoms with E-state index in [1.165, 1.54) is 0 Å². The number of aromatic nitrogens is 1. The van der Waals surface area contributed by atoms with Crippen molar-refractivity contribution < 1.29 is 0 Å². The Hall–Kier alpha value is -0.120. The zero-order valence-corrected chi connectivity index (χ0v) is 13.7. The van der Waals surface area contributed by atoms with Gasteiger partial charge < -0.3 is 0 Å². The first-order chi connectivity index (χ1) is 7.91. The van der Waals surface area contributed by atoms with Crippen molar-refractivity contribution in [2.75, 3.05) is 0 Å². The largest absolute Gasteiger partial charge is 0.252 e. The predicted molar refractivity (Wildman–Crippen MR) is 81.0 cm³/mol. The van der Waals surface area contributed by atoms with Crippen molar-refractivity contribution >= 4 is 54.4 Å². The minimum atomic E-state index is 0.372. The Kier molecular flexibility index (Phi) is 3.81. The van der Waals surface area contributed by atoms with Crippen molar-refractivity contribution in [3.8, 4) is 0 Å². The number of fused-ring (bicyclic) bond motifs is 1. The Morgan fingerprint density at radius 2 is 1.88 bits per heavy atom. The molecule has 0 aliphatic heterocycles. The lowest BCUT2D eigenvalue weighted by atomic mass is 9.99. The first-order valence-electron chi connectivity index (χ1n) is 5.36. The van der Waals surface area contributed by atoms with Crippen LogP contribution in [0, 0.1) is 6.92 Å². The zero-order chi connectivity index (χ0) is 12.7. The number of hydrogen-bond acceptors (Lipinski definition) is 1. The molecule has 0 spiro atoms. The number of pyridine rings is 1. The summed E-state index contributed by atoms with van der Waals surface area (Å²) in [5, 5.41) is 1.80. The van der Waals surface area contributed by atoms with Crippen LogP contribution in [0.1, 0.15) is 31.0 Å². The van der Waals surface area contributed by atoms with Gasteiger partial charge in [0.15, 0.2) is 0 Å². The average molecular weight is 378 g/mol. The summed E-state index contributed by atoms with van der Waals surface area (Å²) >= 11 is 13.5. The number of nitrogens with zero attached hydrogens (tertiary/aromatic N) is 1. The second-order valence-electron chi connectivity index (χ2n) is 4.36. The number of aryl methyl sites for hydroxylation is 1. The number of halogens is 3. The SMILES string of the molecule is Cc1nc2c(Br)cc(Br)cc2c(Cl)c1C(C)C. The van der Waals surface area contributed by atoms with Gasteiger partial charge in [0.25, 0.3) is 0 Å². The second-order valence-corrected chi connectivity index (χ2v) is 6.51. The first-order valence-corrected chi connectivity index (χ1v) is 7.33. The molecule has 2 rings (SSSR count). The van der Waals surface area contributed by atoms with Gasteiger partial charge in [0, 0.05) is 20.0 Å². The molecule has 17 heavy (non-hydrogen) atoms. The van der Waals surface area contributed by atoms with E-state index in [1.54, 1.807) is 0 Å². The van der Waals surface area contributed by atoms with Crippen molar-refractivity contribution in [3.63, 3.8) is 0 Å². The lowest BCUT2D eigenvalue weighted by Crippen LogP contribution is -1.98. The first kappa shape index (κ1) is 13.3. The van der Waals surface area contributed by atoms with E-state index >= 15 is 0 Å². The summed E-state index contributed by atoms with van der Waals surface area (Å²) in [5.74, 6) is 0.372. The number of hydrogen-bond donors (Lipinski definition) is 0. The van der Waals surface area contributed by atoms with Gasteiger partial charge in [0.05, 0.1) is 10.5 Å². The smallest absolute Gasteiger partial charge is 0.0863 e. The van der Waals surface area contributed by atoms with E-state index in [0.717, 1.165) is 36.1 Å². The number of benzene rings is 1. The third kappa shape index (κ3) is 2.38. The van der Waals surface area contributed by atoms with Gasteiger partial charge in [-0.1, -0.05) is 41.4 Å². The lowest BCUT2D eigenvalue weighted by Gasteiger charge is -2.14. The Morgan fingerprint density at radius 1 is 1.24 bits per heavy atom. The minimum Gasteiger partial charge on any atom is -0.252 e. The van der Waals surface area contributed by atoms with Crippen molar-refractivity contribution in [2.45, 2.75) is 26.7 Å². The van der Waals surface area contributed by atoms with Crippen LogP contribution in [0.15, 0.2) is 21.1 Å². The van der Waals surface area contributed by atoms with Crippen molar-refractivity contribution in [2.24, 2.45) is 0 Å². The van der Waals surface area contributed by atoms with Gasteiger partial charge >= 0.3 is 0 Å². The molecule has 0 amide bonds. The standard InChI is InChI=1S/C13H12Br2ClN/c1-6(2)11-7(3)17-13-9(12(11)16)4-8(14)5-10(13)15/h4-6H,1-3H3. The molecule has 0 aliphatic rings. The molecular formula is C13H12Br2ClN. The summed E-state index contributed by atoms with van der Waals surface area (Å²) in [5.41, 5.74) is 3.05. The highest BCUT2D eigenvalue weighted by Crippen LogP contribution is 2.37. The highest BCUT2D eigenvalue weighted by molar-refractivity contribution is 9.11. The van der Waals surface area contributed by atoms with Crippen LogP contribution in [-0.4, -0.2) is 4.98 Å². The topological polar surface area (TPSA) is 12.9 Å². The third-order valence-corrected chi connectivity index (χ3v) is 4.22. The third-order valence-electron chi connectivity index (χ3n) is 2.75. The monoisotopic (exact) mass is 375 g/mol. The molecule has 1 aromatic heterocycles. The maximum absolute atomic E-state index is 6.50. The molecule has 0 bridgehead atoms. The fourth-order valence-corrected chi connectivity index (χ4v) is 3.86. The zero-order valence-electron chi connectivity index (χ0n) is 9.81. The van der Waals surface area contributed by atoms with E-state index in [2.05, 4.69) is 50.7 Å². The van der Waals surface area contributed by atoms with Gasteiger partial charge in [-0.15, -0.1) is 0 Å². The predicted octanol–water partition coefficient (Wildman–Crippen LogP) is 5.85. The quantitative estimate of drug-likeness (QED) is 0.608. The summed E-state index contributed by atoms with van der Waals surface area (Å²) in [7, 11) is 0. The van der Waals surface area contributed by atoms with Gasteiger partial charge in [-0.25, -0.2) is 0 Å². The van der Waals surface area contributed by atoms with E-state index in [4.69, 9.17) is 11.6 Å². The molecule has 0 saturated carbocycles. The van der Waals surface area contributed by atoms with Crippen LogP contribution in [0.25, 0.3) is 10.9 Å². The van der Waals surface area contributed by atoms with Crippen LogP contribution in [0.4, 0.5) is 0 Å². The molecule has 1 nitrogen and oxygen atoms in total. The summed E-state index contributed by atoms with van der Waals surface area (Å²) in [4.78, 5) is 4.65. The van der Waals surface area contributed by atoms with Crippen LogP contribution in [0.5, 0.6) is 0 Å². The lowest BCUT2D eigenvalue weighted by molar-refractivity contribution is 0.848. The van der Waals surface area contributed by atoms with Gasteiger partial charge in [-0.3, -0.25) is 4.98 Å². The van der Waals surface area contributed by atoms with Gasteiger partial charge in [0.2, 0.25) is 0 Å². The van der Waals surface area contributed by atoms with Crippen LogP contribution >= 0.6 is 43.5 Å². The van der Waals surface area contributed by atoms with Crippen LogP contribution in [-0.2, 0) is 0 Å². The van der Waals surface area contributed by atoms with E-state index in [1.807, 2.05) is 19.1 Å². The molecular weight excluding hydrogens is 365 g/mol. The maximum Gasteiger partial charge on any atom is 0.0863 e. The normalized spacial score (nSPS) is 11.5. The van der Waals surface area contributed by atoms with Gasteiger partial charge in [0.1, 0.15) is 0 Å². The Labute approximate surface area is 123 Å². The van der Waals surface area contributed by atoms with Crippen molar-refractivity contribution in [1.29, 1.82) is 0 Å². The molecule has 0 unspecified atom stereocenters. The van der Waals surface area contributed by atoms with Crippen molar-refractivity contribution in [1.82, 2.24) is 4.98 Å². The summed E-state index contributed by atoms with van der Waals surface area (Å²) < 4.78 is 1.96. The maximum atomic E-state index is 6.50. The Bertz CT molecular complexity index is 594. The molecule has 0 saturated heterocycles. The van der Waals surface area contributed by atoms with Gasteiger partial charge in [-0.05, 0) is 46.5 Å². The molecule has 0 radical (unpaired) electrons. The second kappa shape index (κ2) is 4.87. The Morgan fingerprint density at radius 3 is 2.47 bits per heavy atom. The molecule has 90 valence electrons. The molecule has 0 atom stereocenters. The van der Waals surface area contributed by atoms with Crippen LogP contribution in [0.2, 0.25) is 5.02 Å².